The second-order valence-corrected chi connectivity index (χ2v) is 10.8. The van der Waals surface area contributed by atoms with E-state index in [-0.39, 0.29) is 18.6 Å². The lowest BCUT2D eigenvalue weighted by atomic mass is 9.60. The minimum atomic E-state index is -1.66. The molecule has 0 amide bonds. The number of fused-ring (bicyclic) bond motifs is 1. The Labute approximate surface area is 218 Å². The molecule has 1 fully saturated rings. The van der Waals surface area contributed by atoms with Gasteiger partial charge in [0.1, 0.15) is 11.7 Å². The third-order valence-corrected chi connectivity index (χ3v) is 8.34. The van der Waals surface area contributed by atoms with Crippen LogP contribution >= 0.6 is 0 Å². The molecular weight excluding hydrogens is 472 g/mol. The monoisotopic (exact) mass is 508 g/mol. The number of rotatable bonds is 3. The normalized spacial score (nSPS) is 32.9. The van der Waals surface area contributed by atoms with Gasteiger partial charge in [-0.1, -0.05) is 74.9 Å². The summed E-state index contributed by atoms with van der Waals surface area (Å²) in [6.45, 7) is 7.89. The quantitative estimate of drug-likeness (QED) is 0.321. The Morgan fingerprint density at radius 1 is 1.03 bits per heavy atom. The zero-order valence-corrected chi connectivity index (χ0v) is 22.4. The Morgan fingerprint density at radius 2 is 1.68 bits per heavy atom. The first-order chi connectivity index (χ1) is 17.5. The van der Waals surface area contributed by atoms with Crippen molar-refractivity contribution >= 4 is 17.7 Å². The third-order valence-electron chi connectivity index (χ3n) is 8.34. The number of carbonyl (C=O) groups excluding carboxylic acids is 3. The molecule has 2 bridgehead atoms. The number of hydrogen-bond acceptors (Lipinski definition) is 7. The largest absolute Gasteiger partial charge is 0.468 e. The van der Waals surface area contributed by atoms with Crippen molar-refractivity contribution in [3.63, 3.8) is 0 Å². The fourth-order valence-corrected chi connectivity index (χ4v) is 6.03. The van der Waals surface area contributed by atoms with Crippen LogP contribution in [-0.4, -0.2) is 43.6 Å². The van der Waals surface area contributed by atoms with Gasteiger partial charge in [0, 0.05) is 16.9 Å². The Hall–Kier alpha value is -3.03. The third kappa shape index (κ3) is 4.38. The first-order valence-electron chi connectivity index (χ1n) is 12.7. The van der Waals surface area contributed by atoms with E-state index in [0.717, 1.165) is 16.7 Å². The molecule has 0 radical (unpaired) electrons. The fourth-order valence-electron chi connectivity index (χ4n) is 6.03. The number of benzene rings is 1. The SMILES string of the molecule is COC(=O)C1(C(=O)OC)C/C=C\[C@@H]2O[C@H](c3ccccc3)O[C@]23CC=C(C)/C(=C\C(=O)[C@@H](C)C1)C3(C)C. The van der Waals surface area contributed by atoms with E-state index in [0.29, 0.717) is 6.42 Å². The molecule has 0 unspecified atom stereocenters. The summed E-state index contributed by atoms with van der Waals surface area (Å²) in [5, 5.41) is 0. The molecule has 0 saturated carbocycles. The molecule has 0 aromatic heterocycles. The van der Waals surface area contributed by atoms with Crippen molar-refractivity contribution in [2.75, 3.05) is 14.2 Å². The van der Waals surface area contributed by atoms with E-state index in [2.05, 4.69) is 19.9 Å². The molecule has 1 spiro atoms. The van der Waals surface area contributed by atoms with Crippen LogP contribution < -0.4 is 0 Å². The Balaban J connectivity index is 1.89. The predicted octanol–water partition coefficient (Wildman–Crippen LogP) is 5.03. The highest BCUT2D eigenvalue weighted by molar-refractivity contribution is 6.01. The molecule has 7 heteroatoms. The number of ether oxygens (including phenoxy) is 4. The van der Waals surface area contributed by atoms with E-state index >= 15 is 0 Å². The maximum atomic E-state index is 13.6. The Morgan fingerprint density at radius 3 is 2.30 bits per heavy atom. The summed E-state index contributed by atoms with van der Waals surface area (Å²) in [6, 6.07) is 9.71. The smallest absolute Gasteiger partial charge is 0.323 e. The van der Waals surface area contributed by atoms with Crippen molar-refractivity contribution in [3.8, 4) is 0 Å². The molecule has 1 saturated heterocycles. The van der Waals surface area contributed by atoms with Gasteiger partial charge >= 0.3 is 11.9 Å². The lowest BCUT2D eigenvalue weighted by Crippen LogP contribution is -2.54. The molecule has 37 heavy (non-hydrogen) atoms. The summed E-state index contributed by atoms with van der Waals surface area (Å²) in [4.78, 5) is 39.6. The van der Waals surface area contributed by atoms with Crippen LogP contribution in [0.15, 0.2) is 65.8 Å². The zero-order chi connectivity index (χ0) is 27.0. The number of esters is 2. The minimum absolute atomic E-state index is 0.00176. The molecule has 0 N–H and O–H groups in total. The van der Waals surface area contributed by atoms with Gasteiger partial charge < -0.3 is 18.9 Å². The highest BCUT2D eigenvalue weighted by Crippen LogP contribution is 2.57. The van der Waals surface area contributed by atoms with Crippen LogP contribution in [0.2, 0.25) is 0 Å². The van der Waals surface area contributed by atoms with E-state index in [1.165, 1.54) is 14.2 Å². The predicted molar refractivity (Wildman–Crippen MR) is 137 cm³/mol. The fraction of sp³-hybridized carbons (Fsp3) is 0.500. The summed E-state index contributed by atoms with van der Waals surface area (Å²) in [6.07, 6.45) is 6.80. The van der Waals surface area contributed by atoms with Crippen LogP contribution in [0.3, 0.4) is 0 Å². The number of hydrogen-bond donors (Lipinski definition) is 0. The molecule has 3 aliphatic rings. The molecule has 1 aromatic carbocycles. The van der Waals surface area contributed by atoms with Gasteiger partial charge in [0.25, 0.3) is 0 Å². The molecule has 2 aliphatic carbocycles. The van der Waals surface area contributed by atoms with E-state index in [1.807, 2.05) is 43.3 Å². The minimum Gasteiger partial charge on any atom is -0.468 e. The first kappa shape index (κ1) is 27.0. The lowest BCUT2D eigenvalue weighted by molar-refractivity contribution is -0.170. The second-order valence-electron chi connectivity index (χ2n) is 10.8. The zero-order valence-electron chi connectivity index (χ0n) is 22.4. The van der Waals surface area contributed by atoms with E-state index in [9.17, 15) is 14.4 Å². The van der Waals surface area contributed by atoms with Crippen LogP contribution in [0.4, 0.5) is 0 Å². The molecule has 7 nitrogen and oxygen atoms in total. The highest BCUT2D eigenvalue weighted by atomic mass is 16.7. The van der Waals surface area contributed by atoms with Gasteiger partial charge in [-0.05, 0) is 37.8 Å². The van der Waals surface area contributed by atoms with Crippen LogP contribution in [0.5, 0.6) is 0 Å². The summed E-state index contributed by atoms with van der Waals surface area (Å²) in [5.41, 5.74) is -0.326. The summed E-state index contributed by atoms with van der Waals surface area (Å²) in [7, 11) is 2.46. The molecule has 198 valence electrons. The van der Waals surface area contributed by atoms with Crippen molar-refractivity contribution < 1.29 is 33.3 Å². The molecule has 1 aromatic rings. The average Bonchev–Trinajstić information content (AvgIpc) is 3.27. The number of methoxy groups -OCH3 is 2. The van der Waals surface area contributed by atoms with Crippen molar-refractivity contribution in [3.05, 3.63) is 71.3 Å². The maximum absolute atomic E-state index is 13.6. The molecule has 1 heterocycles. The standard InChI is InChI=1S/C30H36O7/c1-19-14-16-30-24(36-25(37-30)21-11-8-7-9-12-21)13-10-15-29(26(32)34-5,27(33)35-6)18-20(2)23(31)17-22(19)28(30,3)4/h7-14,17,20,24-25H,15-16,18H2,1-6H3/b13-10-,22-17+/t20-,24-,25-,30+/m0/s1. The van der Waals surface area contributed by atoms with Crippen molar-refractivity contribution in [1.29, 1.82) is 0 Å². The Bertz CT molecular complexity index is 1140. The van der Waals surface area contributed by atoms with Gasteiger partial charge in [-0.25, -0.2) is 0 Å². The number of ketones is 1. The van der Waals surface area contributed by atoms with Gasteiger partial charge in [-0.3, -0.25) is 14.4 Å². The summed E-state index contributed by atoms with van der Waals surface area (Å²) < 4.78 is 23.4. The second kappa shape index (κ2) is 10.0. The number of allylic oxidation sites excluding steroid dienone is 3. The van der Waals surface area contributed by atoms with Crippen LogP contribution in [0, 0.1) is 16.7 Å². The summed E-state index contributed by atoms with van der Waals surface area (Å²) in [5.74, 6) is -2.27. The first-order valence-corrected chi connectivity index (χ1v) is 12.7. The van der Waals surface area contributed by atoms with E-state index < -0.39 is 46.7 Å². The van der Waals surface area contributed by atoms with Crippen molar-refractivity contribution in [1.82, 2.24) is 0 Å². The van der Waals surface area contributed by atoms with Crippen LogP contribution in [0.1, 0.15) is 58.8 Å². The van der Waals surface area contributed by atoms with Gasteiger partial charge in [0.2, 0.25) is 0 Å². The van der Waals surface area contributed by atoms with Gasteiger partial charge in [-0.15, -0.1) is 0 Å². The summed E-state index contributed by atoms with van der Waals surface area (Å²) >= 11 is 0. The van der Waals surface area contributed by atoms with Crippen LogP contribution in [-0.2, 0) is 33.3 Å². The average molecular weight is 509 g/mol. The van der Waals surface area contributed by atoms with E-state index in [4.69, 9.17) is 18.9 Å². The highest BCUT2D eigenvalue weighted by Gasteiger charge is 2.60. The molecular formula is C30H36O7. The Kier molecular flexibility index (Phi) is 7.32. The van der Waals surface area contributed by atoms with Gasteiger partial charge in [-0.2, -0.15) is 0 Å². The molecule has 4 atom stereocenters. The van der Waals surface area contributed by atoms with Gasteiger partial charge in [0.05, 0.1) is 14.2 Å². The molecule has 1 aliphatic heterocycles. The topological polar surface area (TPSA) is 88.1 Å². The van der Waals surface area contributed by atoms with Crippen molar-refractivity contribution in [2.24, 2.45) is 16.7 Å². The lowest BCUT2D eigenvalue weighted by Gasteiger charge is -2.49. The van der Waals surface area contributed by atoms with Gasteiger partial charge in [0.15, 0.2) is 17.5 Å². The van der Waals surface area contributed by atoms with E-state index in [1.54, 1.807) is 19.1 Å². The van der Waals surface area contributed by atoms with Crippen LogP contribution in [0.25, 0.3) is 0 Å². The maximum Gasteiger partial charge on any atom is 0.323 e. The molecule has 4 rings (SSSR count). The number of carbonyl (C=O) groups is 3. The van der Waals surface area contributed by atoms with Crippen molar-refractivity contribution in [2.45, 2.75) is 65.0 Å².